The number of carbonyl (C=O) groups is 1. The van der Waals surface area contributed by atoms with E-state index in [1.165, 1.54) is 0 Å². The minimum absolute atomic E-state index is 0.0712. The average Bonchev–Trinajstić information content (AvgIpc) is 2.93. The van der Waals surface area contributed by atoms with Gasteiger partial charge in [0, 0.05) is 19.1 Å². The number of hydrogen-bond acceptors (Lipinski definition) is 4. The molecule has 0 radical (unpaired) electrons. The highest BCUT2D eigenvalue weighted by Gasteiger charge is 2.48. The quantitative estimate of drug-likeness (QED) is 0.354. The number of nitrogens with two attached hydrogens (primary N) is 1. The first-order valence-corrected chi connectivity index (χ1v) is 7.95. The summed E-state index contributed by atoms with van der Waals surface area (Å²) in [6.45, 7) is 1.66. The first-order chi connectivity index (χ1) is 10.0. The van der Waals surface area contributed by atoms with Crippen LogP contribution in [0.25, 0.3) is 0 Å². The molecule has 0 aromatic rings. The van der Waals surface area contributed by atoms with Crippen molar-refractivity contribution in [3.8, 4) is 0 Å². The van der Waals surface area contributed by atoms with Crippen LogP contribution in [0, 0.1) is 5.41 Å². The summed E-state index contributed by atoms with van der Waals surface area (Å²) in [7, 11) is 4.06. The van der Waals surface area contributed by atoms with Gasteiger partial charge in [-0.05, 0) is 39.8 Å². The van der Waals surface area contributed by atoms with Crippen molar-refractivity contribution in [3.63, 3.8) is 0 Å². The number of likely N-dealkylation sites (N-methyl/N-ethyl adjacent to an activating group) is 1. The van der Waals surface area contributed by atoms with Crippen LogP contribution in [0.15, 0.2) is 5.16 Å². The maximum atomic E-state index is 13.2. The number of likely N-dealkylation sites (tertiary alicyclic amines) is 1. The van der Waals surface area contributed by atoms with Gasteiger partial charge in [0.2, 0.25) is 5.91 Å². The second-order valence-electron chi connectivity index (χ2n) is 6.68. The normalized spacial score (nSPS) is 26.3. The zero-order valence-electron chi connectivity index (χ0n) is 13.2. The molecule has 0 bridgehead atoms. The Morgan fingerprint density at radius 1 is 1.33 bits per heavy atom. The summed E-state index contributed by atoms with van der Waals surface area (Å²) < 4.78 is 0. The molecular formula is C15H28N4O2. The second-order valence-corrected chi connectivity index (χ2v) is 6.68. The largest absolute Gasteiger partial charge is 0.409 e. The van der Waals surface area contributed by atoms with Crippen molar-refractivity contribution in [2.75, 3.05) is 27.2 Å². The number of amides is 1. The zero-order valence-corrected chi connectivity index (χ0v) is 13.2. The Balaban J connectivity index is 2.21. The summed E-state index contributed by atoms with van der Waals surface area (Å²) in [5, 5.41) is 12.3. The van der Waals surface area contributed by atoms with Crippen LogP contribution in [0.2, 0.25) is 0 Å². The van der Waals surface area contributed by atoms with E-state index in [1.807, 2.05) is 19.0 Å². The third-order valence-electron chi connectivity index (χ3n) is 4.93. The van der Waals surface area contributed by atoms with Gasteiger partial charge < -0.3 is 20.7 Å². The first kappa shape index (κ1) is 16.1. The van der Waals surface area contributed by atoms with Crippen LogP contribution in [0.3, 0.4) is 0 Å². The van der Waals surface area contributed by atoms with Crippen LogP contribution in [0.5, 0.6) is 0 Å². The van der Waals surface area contributed by atoms with E-state index in [-0.39, 0.29) is 17.8 Å². The number of rotatable bonds is 4. The van der Waals surface area contributed by atoms with Crippen LogP contribution >= 0.6 is 0 Å². The molecule has 0 spiro atoms. The van der Waals surface area contributed by atoms with E-state index in [0.29, 0.717) is 12.8 Å². The molecule has 6 heteroatoms. The molecule has 3 N–H and O–H groups in total. The number of nitrogens with zero attached hydrogens (tertiary/aromatic N) is 3. The molecule has 120 valence electrons. The highest BCUT2D eigenvalue weighted by Crippen LogP contribution is 2.40. The third-order valence-corrected chi connectivity index (χ3v) is 4.93. The van der Waals surface area contributed by atoms with Gasteiger partial charge in [-0.15, -0.1) is 0 Å². The summed E-state index contributed by atoms with van der Waals surface area (Å²) >= 11 is 0. The smallest absolute Gasteiger partial charge is 0.236 e. The van der Waals surface area contributed by atoms with E-state index in [1.54, 1.807) is 0 Å². The van der Waals surface area contributed by atoms with Crippen molar-refractivity contribution >= 4 is 11.7 Å². The number of amidine groups is 1. The zero-order chi connectivity index (χ0) is 15.5. The predicted octanol–water partition coefficient (Wildman–Crippen LogP) is 1.24. The maximum absolute atomic E-state index is 13.2. The predicted molar refractivity (Wildman–Crippen MR) is 82.2 cm³/mol. The molecule has 6 nitrogen and oxygen atoms in total. The minimum atomic E-state index is -0.776. The van der Waals surface area contributed by atoms with Gasteiger partial charge in [0.1, 0.15) is 5.41 Å². The number of oxime groups is 1. The minimum Gasteiger partial charge on any atom is -0.409 e. The van der Waals surface area contributed by atoms with Crippen LogP contribution in [-0.2, 0) is 4.79 Å². The van der Waals surface area contributed by atoms with Crippen LogP contribution in [-0.4, -0.2) is 60.0 Å². The summed E-state index contributed by atoms with van der Waals surface area (Å²) in [4.78, 5) is 17.2. The Hall–Kier alpha value is -1.30. The van der Waals surface area contributed by atoms with Gasteiger partial charge in [-0.2, -0.15) is 0 Å². The monoisotopic (exact) mass is 296 g/mol. The van der Waals surface area contributed by atoms with Crippen LogP contribution in [0.1, 0.15) is 44.9 Å². The summed E-state index contributed by atoms with van der Waals surface area (Å²) in [6, 6.07) is 0.248. The Labute approximate surface area is 127 Å². The lowest BCUT2D eigenvalue weighted by Crippen LogP contribution is -2.54. The molecule has 2 aliphatic rings. The lowest BCUT2D eigenvalue weighted by atomic mass is 9.72. The van der Waals surface area contributed by atoms with Gasteiger partial charge in [-0.3, -0.25) is 4.79 Å². The molecule has 1 amide bonds. The van der Waals surface area contributed by atoms with Gasteiger partial charge in [0.25, 0.3) is 0 Å². The van der Waals surface area contributed by atoms with Crippen LogP contribution < -0.4 is 5.73 Å². The Bertz CT molecular complexity index is 402. The van der Waals surface area contributed by atoms with Gasteiger partial charge >= 0.3 is 0 Å². The van der Waals surface area contributed by atoms with Gasteiger partial charge in [-0.25, -0.2) is 0 Å². The Morgan fingerprint density at radius 3 is 2.57 bits per heavy atom. The first-order valence-electron chi connectivity index (χ1n) is 7.95. The topological polar surface area (TPSA) is 82.2 Å². The molecule has 1 atom stereocenters. The highest BCUT2D eigenvalue weighted by atomic mass is 16.4. The lowest BCUT2D eigenvalue weighted by molar-refractivity contribution is -0.141. The SMILES string of the molecule is CN(C)CC1CCCN1C(=O)C1(C(N)=NO)CCCCC1. The van der Waals surface area contributed by atoms with Crippen molar-refractivity contribution in [2.45, 2.75) is 51.0 Å². The number of hydrogen-bond donors (Lipinski definition) is 2. The molecule has 1 saturated heterocycles. The summed E-state index contributed by atoms with van der Waals surface area (Å²) in [6.07, 6.45) is 6.53. The fourth-order valence-corrected chi connectivity index (χ4v) is 3.82. The Morgan fingerprint density at radius 2 is 2.00 bits per heavy atom. The molecule has 1 unspecified atom stereocenters. The van der Waals surface area contributed by atoms with Gasteiger partial charge in [-0.1, -0.05) is 24.4 Å². The molecule has 0 aromatic carbocycles. The molecule has 2 rings (SSSR count). The molecule has 0 aromatic heterocycles. The van der Waals surface area contributed by atoms with E-state index in [4.69, 9.17) is 10.9 Å². The average molecular weight is 296 g/mol. The fraction of sp³-hybridized carbons (Fsp3) is 0.867. The van der Waals surface area contributed by atoms with E-state index >= 15 is 0 Å². The van der Waals surface area contributed by atoms with Gasteiger partial charge in [0.05, 0.1) is 0 Å². The molecule has 1 heterocycles. The lowest BCUT2D eigenvalue weighted by Gasteiger charge is -2.39. The summed E-state index contributed by atoms with van der Waals surface area (Å²) in [5.41, 5.74) is 5.16. The van der Waals surface area contributed by atoms with E-state index in [9.17, 15) is 4.79 Å². The van der Waals surface area contributed by atoms with E-state index < -0.39 is 5.41 Å². The molecule has 2 fully saturated rings. The van der Waals surface area contributed by atoms with Crippen molar-refractivity contribution in [1.29, 1.82) is 0 Å². The molecule has 1 aliphatic heterocycles. The molecule has 1 aliphatic carbocycles. The molecule has 21 heavy (non-hydrogen) atoms. The van der Waals surface area contributed by atoms with E-state index in [2.05, 4.69) is 10.1 Å². The van der Waals surface area contributed by atoms with Crippen LogP contribution in [0.4, 0.5) is 0 Å². The van der Waals surface area contributed by atoms with Crippen molar-refractivity contribution in [3.05, 3.63) is 0 Å². The molecule has 1 saturated carbocycles. The van der Waals surface area contributed by atoms with Gasteiger partial charge in [0.15, 0.2) is 5.84 Å². The highest BCUT2D eigenvalue weighted by molar-refractivity contribution is 6.07. The van der Waals surface area contributed by atoms with Crippen molar-refractivity contribution in [1.82, 2.24) is 9.80 Å². The second kappa shape index (κ2) is 6.64. The summed E-state index contributed by atoms with van der Waals surface area (Å²) in [5.74, 6) is 0.171. The maximum Gasteiger partial charge on any atom is 0.236 e. The molecular weight excluding hydrogens is 268 g/mol. The van der Waals surface area contributed by atoms with Crippen molar-refractivity contribution in [2.24, 2.45) is 16.3 Å². The third kappa shape index (κ3) is 3.15. The van der Waals surface area contributed by atoms with Crippen molar-refractivity contribution < 1.29 is 10.0 Å². The standard InChI is InChI=1S/C15H28N4O2/c1-18(2)11-12-7-6-10-19(12)14(20)15(13(16)17-21)8-4-3-5-9-15/h12,21H,3-11H2,1-2H3,(H2,16,17). The fourth-order valence-electron chi connectivity index (χ4n) is 3.82. The Kier molecular flexibility index (Phi) is 5.08. The number of carbonyl (C=O) groups excluding carboxylic acids is 1. The van der Waals surface area contributed by atoms with E-state index in [0.717, 1.165) is 45.2 Å².